The number of aliphatic hydroxyl groups is 1. The van der Waals surface area contributed by atoms with Crippen LogP contribution in [-0.2, 0) is 0 Å². The van der Waals surface area contributed by atoms with Crippen molar-refractivity contribution in [3.05, 3.63) is 22.8 Å². The van der Waals surface area contributed by atoms with Crippen LogP contribution in [0.1, 0.15) is 16.8 Å². The maximum absolute atomic E-state index is 12.5. The molecule has 7 nitrogen and oxygen atoms in total. The topological polar surface area (TPSA) is 94.7 Å². The van der Waals surface area contributed by atoms with Crippen LogP contribution in [0.4, 0.5) is 5.82 Å². The average molecular weight is 314 g/mol. The molecule has 1 aromatic rings. The van der Waals surface area contributed by atoms with Gasteiger partial charge in [0.2, 0.25) is 0 Å². The van der Waals surface area contributed by atoms with E-state index in [4.69, 9.17) is 22.6 Å². The number of aromatic nitrogens is 1. The van der Waals surface area contributed by atoms with Crippen molar-refractivity contribution in [2.45, 2.75) is 6.42 Å². The first-order valence-electron chi connectivity index (χ1n) is 6.90. The van der Waals surface area contributed by atoms with E-state index in [-0.39, 0.29) is 17.7 Å². The molecule has 1 saturated heterocycles. The third-order valence-corrected chi connectivity index (χ3v) is 3.67. The monoisotopic (exact) mass is 313 g/mol. The highest BCUT2D eigenvalue weighted by atomic mass is 35.5. The number of amides is 1. The van der Waals surface area contributed by atoms with Gasteiger partial charge in [-0.2, -0.15) is 0 Å². The second-order valence-corrected chi connectivity index (χ2v) is 5.31. The van der Waals surface area contributed by atoms with Crippen molar-refractivity contribution in [3.8, 4) is 0 Å². The molecule has 0 aromatic carbocycles. The van der Waals surface area contributed by atoms with Gasteiger partial charge in [0.25, 0.3) is 5.91 Å². The summed E-state index contributed by atoms with van der Waals surface area (Å²) in [7, 11) is 0. The molecule has 1 aliphatic rings. The predicted molar refractivity (Wildman–Crippen MR) is 81.1 cm³/mol. The molecular formula is C13H20ClN5O2. The van der Waals surface area contributed by atoms with E-state index in [0.717, 1.165) is 19.5 Å². The van der Waals surface area contributed by atoms with Crippen LogP contribution >= 0.6 is 11.6 Å². The summed E-state index contributed by atoms with van der Waals surface area (Å²) in [4.78, 5) is 20.4. The zero-order valence-corrected chi connectivity index (χ0v) is 12.5. The van der Waals surface area contributed by atoms with E-state index >= 15 is 0 Å². The summed E-state index contributed by atoms with van der Waals surface area (Å²) in [5, 5.41) is 9.22. The fourth-order valence-corrected chi connectivity index (χ4v) is 2.62. The molecule has 1 aromatic heterocycles. The third-order valence-electron chi connectivity index (χ3n) is 3.48. The number of β-amino-alcohol motifs (C(OH)–C–C–N with tert-alkyl or cyclic N) is 1. The van der Waals surface area contributed by atoms with Crippen LogP contribution in [0.5, 0.6) is 0 Å². The first-order chi connectivity index (χ1) is 10.1. The molecule has 0 spiro atoms. The molecule has 0 radical (unpaired) electrons. The average Bonchev–Trinajstić information content (AvgIpc) is 2.72. The van der Waals surface area contributed by atoms with Crippen molar-refractivity contribution in [1.82, 2.24) is 14.8 Å². The Labute approximate surface area is 128 Å². The molecule has 4 N–H and O–H groups in total. The summed E-state index contributed by atoms with van der Waals surface area (Å²) in [6.45, 7) is 3.74. The minimum atomic E-state index is -0.0818. The number of carbonyl (C=O) groups excluding carboxylic acids is 1. The van der Waals surface area contributed by atoms with E-state index in [1.54, 1.807) is 17.0 Å². The molecule has 1 amide bonds. The molecule has 2 rings (SSSR count). The van der Waals surface area contributed by atoms with E-state index in [2.05, 4.69) is 15.3 Å². The number of nitrogens with one attached hydrogen (secondary N) is 1. The Kier molecular flexibility index (Phi) is 5.75. The number of nitrogens with two attached hydrogens (primary N) is 1. The summed E-state index contributed by atoms with van der Waals surface area (Å²) in [5.41, 5.74) is 2.87. The van der Waals surface area contributed by atoms with Gasteiger partial charge in [0, 0.05) is 31.7 Å². The van der Waals surface area contributed by atoms with Crippen molar-refractivity contribution in [2.75, 3.05) is 44.8 Å². The zero-order valence-electron chi connectivity index (χ0n) is 11.8. The van der Waals surface area contributed by atoms with Crippen LogP contribution in [0.3, 0.4) is 0 Å². The van der Waals surface area contributed by atoms with Crippen LogP contribution < -0.4 is 11.3 Å². The van der Waals surface area contributed by atoms with Crippen LogP contribution in [0.25, 0.3) is 0 Å². The van der Waals surface area contributed by atoms with Crippen molar-refractivity contribution in [2.24, 2.45) is 5.84 Å². The number of hydrazine groups is 1. The first-order valence-corrected chi connectivity index (χ1v) is 7.28. The number of anilines is 1. The Balaban J connectivity index is 2.07. The van der Waals surface area contributed by atoms with Crippen molar-refractivity contribution < 1.29 is 9.90 Å². The minimum Gasteiger partial charge on any atom is -0.395 e. The Hall–Kier alpha value is -1.41. The van der Waals surface area contributed by atoms with Crippen LogP contribution in [0.15, 0.2) is 12.1 Å². The standard InChI is InChI=1S/C13H20ClN5O2/c14-11-8-10(9-12(16-11)17-15)13(21)19-3-1-2-18(4-5-19)6-7-20/h8-9,20H,1-7,15H2,(H,16,17). The van der Waals surface area contributed by atoms with Crippen molar-refractivity contribution in [1.29, 1.82) is 0 Å². The highest BCUT2D eigenvalue weighted by Gasteiger charge is 2.21. The number of pyridine rings is 1. The minimum absolute atomic E-state index is 0.0818. The number of halogens is 1. The number of hydrogen-bond donors (Lipinski definition) is 3. The van der Waals surface area contributed by atoms with Gasteiger partial charge in [-0.1, -0.05) is 11.6 Å². The summed E-state index contributed by atoms with van der Waals surface area (Å²) >= 11 is 5.89. The summed E-state index contributed by atoms with van der Waals surface area (Å²) in [6.07, 6.45) is 0.881. The Bertz CT molecular complexity index is 499. The van der Waals surface area contributed by atoms with Crippen LogP contribution in [0, 0.1) is 0 Å². The quantitative estimate of drug-likeness (QED) is 0.416. The molecule has 8 heteroatoms. The van der Waals surface area contributed by atoms with Crippen LogP contribution in [-0.4, -0.2) is 65.1 Å². The lowest BCUT2D eigenvalue weighted by molar-refractivity contribution is 0.0760. The Morgan fingerprint density at radius 3 is 2.90 bits per heavy atom. The lowest BCUT2D eigenvalue weighted by atomic mass is 10.2. The van der Waals surface area contributed by atoms with Gasteiger partial charge in [-0.3, -0.25) is 9.69 Å². The molecule has 0 unspecified atom stereocenters. The molecule has 2 heterocycles. The van der Waals surface area contributed by atoms with Gasteiger partial charge < -0.3 is 15.4 Å². The molecule has 1 aliphatic heterocycles. The summed E-state index contributed by atoms with van der Waals surface area (Å²) in [6, 6.07) is 3.13. The predicted octanol–water partition coefficient (Wildman–Crippen LogP) is 0.161. The van der Waals surface area contributed by atoms with Gasteiger partial charge in [0.15, 0.2) is 0 Å². The summed E-state index contributed by atoms with van der Waals surface area (Å²) in [5.74, 6) is 5.60. The molecule has 116 valence electrons. The largest absolute Gasteiger partial charge is 0.395 e. The van der Waals surface area contributed by atoms with E-state index in [9.17, 15) is 4.79 Å². The third kappa shape index (κ3) is 4.28. The SMILES string of the molecule is NNc1cc(C(=O)N2CCCN(CCO)CC2)cc(Cl)n1. The molecule has 0 saturated carbocycles. The van der Waals surface area contributed by atoms with E-state index in [0.29, 0.717) is 31.0 Å². The van der Waals surface area contributed by atoms with E-state index in [1.807, 2.05) is 0 Å². The number of aliphatic hydroxyl groups excluding tert-OH is 1. The first kappa shape index (κ1) is 16.0. The molecular weight excluding hydrogens is 294 g/mol. The second kappa shape index (κ2) is 7.56. The Morgan fingerprint density at radius 1 is 1.38 bits per heavy atom. The van der Waals surface area contributed by atoms with Gasteiger partial charge in [0.1, 0.15) is 11.0 Å². The summed E-state index contributed by atoms with van der Waals surface area (Å²) < 4.78 is 0. The van der Waals surface area contributed by atoms with Gasteiger partial charge in [-0.25, -0.2) is 10.8 Å². The van der Waals surface area contributed by atoms with E-state index < -0.39 is 0 Å². The highest BCUT2D eigenvalue weighted by Crippen LogP contribution is 2.16. The Morgan fingerprint density at radius 2 is 2.19 bits per heavy atom. The molecule has 1 fully saturated rings. The maximum Gasteiger partial charge on any atom is 0.254 e. The fraction of sp³-hybridized carbons (Fsp3) is 0.538. The highest BCUT2D eigenvalue weighted by molar-refractivity contribution is 6.29. The molecule has 21 heavy (non-hydrogen) atoms. The van der Waals surface area contributed by atoms with Crippen LogP contribution in [0.2, 0.25) is 5.15 Å². The molecule has 0 aliphatic carbocycles. The van der Waals surface area contributed by atoms with E-state index in [1.165, 1.54) is 0 Å². The smallest absolute Gasteiger partial charge is 0.254 e. The van der Waals surface area contributed by atoms with Gasteiger partial charge in [0.05, 0.1) is 6.61 Å². The number of rotatable bonds is 4. The number of nitrogen functional groups attached to an aromatic ring is 1. The number of carbonyl (C=O) groups is 1. The number of hydrogen-bond acceptors (Lipinski definition) is 6. The lowest BCUT2D eigenvalue weighted by Crippen LogP contribution is -2.36. The van der Waals surface area contributed by atoms with Gasteiger partial charge in [-0.05, 0) is 25.1 Å². The van der Waals surface area contributed by atoms with Gasteiger partial charge >= 0.3 is 0 Å². The molecule has 0 bridgehead atoms. The fourth-order valence-electron chi connectivity index (χ4n) is 2.42. The second-order valence-electron chi connectivity index (χ2n) is 4.92. The zero-order chi connectivity index (χ0) is 15.2. The van der Waals surface area contributed by atoms with Crippen molar-refractivity contribution in [3.63, 3.8) is 0 Å². The lowest BCUT2D eigenvalue weighted by Gasteiger charge is -2.21. The molecule has 0 atom stereocenters. The number of nitrogens with zero attached hydrogens (tertiary/aromatic N) is 3. The normalized spacial score (nSPS) is 16.6. The van der Waals surface area contributed by atoms with Gasteiger partial charge in [-0.15, -0.1) is 0 Å². The maximum atomic E-state index is 12.5. The van der Waals surface area contributed by atoms with Crippen molar-refractivity contribution >= 4 is 23.3 Å².